The highest BCUT2D eigenvalue weighted by molar-refractivity contribution is 9.10. The second-order valence-corrected chi connectivity index (χ2v) is 7.78. The van der Waals surface area contributed by atoms with Crippen LogP contribution in [0.15, 0.2) is 77.3 Å². The molecule has 22 heavy (non-hydrogen) atoms. The van der Waals surface area contributed by atoms with Gasteiger partial charge in [-0.2, -0.15) is 0 Å². The molecule has 0 amide bonds. The van der Waals surface area contributed by atoms with Crippen LogP contribution in [-0.4, -0.2) is 10.2 Å². The molecule has 2 nitrogen and oxygen atoms in total. The molecular formula is C18H14BrO2P. The maximum Gasteiger partial charge on any atom is 0.167 e. The van der Waals surface area contributed by atoms with E-state index in [9.17, 15) is 10.2 Å². The van der Waals surface area contributed by atoms with Crippen molar-refractivity contribution in [2.24, 2.45) is 0 Å². The van der Waals surface area contributed by atoms with Gasteiger partial charge in [0.05, 0.1) is 0 Å². The molecule has 0 unspecified atom stereocenters. The zero-order valence-electron chi connectivity index (χ0n) is 11.6. The highest BCUT2D eigenvalue weighted by Crippen LogP contribution is 2.42. The van der Waals surface area contributed by atoms with Gasteiger partial charge in [0.1, 0.15) is 0 Å². The van der Waals surface area contributed by atoms with Gasteiger partial charge in [-0.15, -0.1) is 0 Å². The quantitative estimate of drug-likeness (QED) is 0.544. The number of halogens is 1. The molecule has 0 bridgehead atoms. The molecule has 0 heterocycles. The summed E-state index contributed by atoms with van der Waals surface area (Å²) in [5, 5.41) is 23.3. The number of hydrogen-bond acceptors (Lipinski definition) is 2. The lowest BCUT2D eigenvalue weighted by molar-refractivity contribution is 0.406. The molecule has 0 aliphatic carbocycles. The van der Waals surface area contributed by atoms with E-state index >= 15 is 0 Å². The fraction of sp³-hybridized carbons (Fsp3) is 0. The zero-order chi connectivity index (χ0) is 15.5. The molecule has 0 aromatic heterocycles. The summed E-state index contributed by atoms with van der Waals surface area (Å²) in [4.78, 5) is 0. The monoisotopic (exact) mass is 372 g/mol. The smallest absolute Gasteiger partial charge is 0.167 e. The predicted octanol–water partition coefficient (Wildman–Crippen LogP) is 3.62. The molecule has 110 valence electrons. The van der Waals surface area contributed by atoms with Gasteiger partial charge in [0, 0.05) is 9.78 Å². The van der Waals surface area contributed by atoms with E-state index in [2.05, 4.69) is 40.2 Å². The molecule has 3 rings (SSSR count). The summed E-state index contributed by atoms with van der Waals surface area (Å²) < 4.78 is 0.793. The Kier molecular flexibility index (Phi) is 4.47. The Labute approximate surface area is 139 Å². The van der Waals surface area contributed by atoms with E-state index in [-0.39, 0.29) is 11.5 Å². The van der Waals surface area contributed by atoms with Crippen molar-refractivity contribution in [1.82, 2.24) is 0 Å². The minimum Gasteiger partial charge on any atom is -0.504 e. The molecule has 0 saturated carbocycles. The normalized spacial score (nSPS) is 10.8. The van der Waals surface area contributed by atoms with E-state index in [1.807, 2.05) is 36.4 Å². The average Bonchev–Trinajstić information content (AvgIpc) is 2.57. The van der Waals surface area contributed by atoms with Crippen molar-refractivity contribution in [3.05, 3.63) is 77.3 Å². The van der Waals surface area contributed by atoms with Crippen LogP contribution in [0.1, 0.15) is 0 Å². The van der Waals surface area contributed by atoms with Crippen LogP contribution in [0.4, 0.5) is 0 Å². The van der Waals surface area contributed by atoms with Gasteiger partial charge in [-0.1, -0.05) is 60.7 Å². The minimum absolute atomic E-state index is 0.0619. The molecule has 3 aromatic carbocycles. The Morgan fingerprint density at radius 2 is 1.18 bits per heavy atom. The summed E-state index contributed by atoms with van der Waals surface area (Å²) in [7, 11) is -0.961. The van der Waals surface area contributed by atoms with E-state index in [0.717, 1.165) is 20.4 Å². The molecule has 0 saturated heterocycles. The second-order valence-electron chi connectivity index (χ2n) is 4.77. The van der Waals surface area contributed by atoms with Crippen molar-refractivity contribution >= 4 is 39.8 Å². The lowest BCUT2D eigenvalue weighted by Crippen LogP contribution is -2.21. The Balaban J connectivity index is 2.26. The van der Waals surface area contributed by atoms with Gasteiger partial charge in [0.25, 0.3) is 0 Å². The van der Waals surface area contributed by atoms with Crippen molar-refractivity contribution in [3.8, 4) is 11.5 Å². The first kappa shape index (κ1) is 15.1. The number of aromatic hydroxyl groups is 2. The van der Waals surface area contributed by atoms with E-state index in [1.165, 1.54) is 6.07 Å². The second kappa shape index (κ2) is 6.51. The maximum absolute atomic E-state index is 10.4. The van der Waals surface area contributed by atoms with Crippen molar-refractivity contribution < 1.29 is 10.2 Å². The van der Waals surface area contributed by atoms with Gasteiger partial charge in [-0.25, -0.2) is 0 Å². The molecule has 0 aliphatic heterocycles. The number of phenolic OH excluding ortho intramolecular Hbond substituents is 2. The Morgan fingerprint density at radius 1 is 0.682 bits per heavy atom. The van der Waals surface area contributed by atoms with Gasteiger partial charge >= 0.3 is 0 Å². The van der Waals surface area contributed by atoms with E-state index < -0.39 is 7.92 Å². The molecule has 0 fully saturated rings. The van der Waals surface area contributed by atoms with E-state index in [0.29, 0.717) is 0 Å². The predicted molar refractivity (Wildman–Crippen MR) is 96.2 cm³/mol. The summed E-state index contributed by atoms with van der Waals surface area (Å²) in [6.07, 6.45) is 0. The van der Waals surface area contributed by atoms with Crippen LogP contribution in [0.2, 0.25) is 0 Å². The fourth-order valence-corrected chi connectivity index (χ4v) is 5.54. The van der Waals surface area contributed by atoms with Gasteiger partial charge in [-0.3, -0.25) is 0 Å². The van der Waals surface area contributed by atoms with Crippen LogP contribution in [-0.2, 0) is 0 Å². The lowest BCUT2D eigenvalue weighted by atomic mass is 10.3. The molecule has 0 aliphatic rings. The molecule has 0 radical (unpaired) electrons. The standard InChI is InChI=1S/C18H14BrO2P/c19-15-11-12-16(20)17(21)18(15)22(13-7-3-1-4-8-13)14-9-5-2-6-10-14/h1-12,20-21H. The van der Waals surface area contributed by atoms with Gasteiger partial charge in [-0.05, 0) is 46.6 Å². The van der Waals surface area contributed by atoms with Crippen LogP contribution in [0, 0.1) is 0 Å². The number of hydrogen-bond donors (Lipinski definition) is 2. The van der Waals surface area contributed by atoms with E-state index in [1.54, 1.807) is 6.07 Å². The molecular weight excluding hydrogens is 359 g/mol. The van der Waals surface area contributed by atoms with E-state index in [4.69, 9.17) is 0 Å². The Hall–Kier alpha value is -1.83. The molecule has 0 spiro atoms. The Morgan fingerprint density at radius 3 is 1.68 bits per heavy atom. The van der Waals surface area contributed by atoms with Gasteiger partial charge in [0.15, 0.2) is 11.5 Å². The summed E-state index contributed by atoms with van der Waals surface area (Å²) in [5.74, 6) is -0.161. The summed E-state index contributed by atoms with van der Waals surface area (Å²) in [6.45, 7) is 0. The SMILES string of the molecule is Oc1ccc(Br)c(P(c2ccccc2)c2ccccc2)c1O. The van der Waals surface area contributed by atoms with Crippen LogP contribution in [0.5, 0.6) is 11.5 Å². The van der Waals surface area contributed by atoms with Crippen LogP contribution in [0.25, 0.3) is 0 Å². The first-order valence-corrected chi connectivity index (χ1v) is 8.92. The van der Waals surface area contributed by atoms with Crippen LogP contribution in [0.3, 0.4) is 0 Å². The lowest BCUT2D eigenvalue weighted by Gasteiger charge is -2.21. The van der Waals surface area contributed by atoms with Crippen molar-refractivity contribution in [3.63, 3.8) is 0 Å². The molecule has 0 atom stereocenters. The Bertz CT molecular complexity index is 736. The third-order valence-electron chi connectivity index (χ3n) is 3.33. The number of benzene rings is 3. The zero-order valence-corrected chi connectivity index (χ0v) is 14.1. The van der Waals surface area contributed by atoms with Crippen molar-refractivity contribution in [2.75, 3.05) is 0 Å². The number of phenols is 2. The highest BCUT2D eigenvalue weighted by atomic mass is 79.9. The van der Waals surface area contributed by atoms with Crippen molar-refractivity contribution in [2.45, 2.75) is 0 Å². The average molecular weight is 373 g/mol. The first-order valence-electron chi connectivity index (χ1n) is 6.79. The largest absolute Gasteiger partial charge is 0.504 e. The highest BCUT2D eigenvalue weighted by Gasteiger charge is 2.23. The van der Waals surface area contributed by atoms with Crippen LogP contribution >= 0.6 is 23.9 Å². The summed E-state index contributed by atoms with van der Waals surface area (Å²) in [6, 6.07) is 23.4. The molecule has 2 N–H and O–H groups in total. The first-order chi connectivity index (χ1) is 10.7. The van der Waals surface area contributed by atoms with Gasteiger partial charge in [0.2, 0.25) is 0 Å². The molecule has 3 aromatic rings. The summed E-state index contributed by atoms with van der Waals surface area (Å²) >= 11 is 3.52. The third-order valence-corrected chi connectivity index (χ3v) is 6.83. The van der Waals surface area contributed by atoms with Crippen molar-refractivity contribution in [1.29, 1.82) is 0 Å². The maximum atomic E-state index is 10.4. The minimum atomic E-state index is -0.961. The van der Waals surface area contributed by atoms with Gasteiger partial charge < -0.3 is 10.2 Å². The third kappa shape index (κ3) is 2.87. The molecule has 4 heteroatoms. The topological polar surface area (TPSA) is 40.5 Å². The summed E-state index contributed by atoms with van der Waals surface area (Å²) in [5.41, 5.74) is 0. The fourth-order valence-electron chi connectivity index (χ4n) is 2.32. The van der Waals surface area contributed by atoms with Crippen LogP contribution < -0.4 is 15.9 Å². The number of rotatable bonds is 3.